The summed E-state index contributed by atoms with van der Waals surface area (Å²) in [7, 11) is 0. The number of aromatic nitrogens is 1. The van der Waals surface area contributed by atoms with E-state index in [4.69, 9.17) is 0 Å². The van der Waals surface area contributed by atoms with Crippen LogP contribution in [-0.2, 0) is 17.1 Å². The molecule has 1 aromatic carbocycles. The quantitative estimate of drug-likeness (QED) is 0.535. The summed E-state index contributed by atoms with van der Waals surface area (Å²) in [4.78, 5) is 15.4. The molecule has 0 unspecified atom stereocenters. The number of hydrogen-bond acceptors (Lipinski definition) is 3. The van der Waals surface area contributed by atoms with Crippen molar-refractivity contribution in [2.24, 2.45) is 5.10 Å². The first-order valence-corrected chi connectivity index (χ1v) is 5.25. The average Bonchev–Trinajstić information content (AvgIpc) is 2.40. The van der Waals surface area contributed by atoms with Gasteiger partial charge in [0.2, 0.25) is 0 Å². The summed E-state index contributed by atoms with van der Waals surface area (Å²) in [5.41, 5.74) is 3.38. The van der Waals surface area contributed by atoms with Gasteiger partial charge in [-0.05, 0) is 29.8 Å². The van der Waals surface area contributed by atoms with Crippen molar-refractivity contribution >= 4 is 12.1 Å². The summed E-state index contributed by atoms with van der Waals surface area (Å²) in [6.45, 7) is 0. The maximum absolute atomic E-state index is 12.9. The topological polar surface area (TPSA) is 54.4 Å². The number of rotatable bonds is 3. The van der Waals surface area contributed by atoms with Gasteiger partial charge in [0.05, 0.1) is 6.21 Å². The molecule has 2 rings (SSSR count). The van der Waals surface area contributed by atoms with Crippen molar-refractivity contribution in [2.45, 2.75) is 0 Å². The largest absolute Gasteiger partial charge is 2.00 e. The van der Waals surface area contributed by atoms with Crippen LogP contribution in [0, 0.1) is 5.82 Å². The van der Waals surface area contributed by atoms with Crippen molar-refractivity contribution in [3.05, 3.63) is 65.7 Å². The van der Waals surface area contributed by atoms with E-state index in [1.165, 1.54) is 30.7 Å². The number of pyridine rings is 1. The number of halogens is 1. The molecule has 99 valence electrons. The number of nitrogens with zero attached hydrogens (tertiary/aromatic N) is 2. The molecule has 0 aliphatic rings. The summed E-state index contributed by atoms with van der Waals surface area (Å²) in [5, 5.41) is 3.75. The maximum Gasteiger partial charge on any atom is 2.00 e. The molecule has 0 aliphatic carbocycles. The third kappa shape index (κ3) is 4.61. The molecule has 6 heteroatoms. The van der Waals surface area contributed by atoms with E-state index < -0.39 is 0 Å². The molecule has 1 aromatic heterocycles. The van der Waals surface area contributed by atoms with Gasteiger partial charge in [0.15, 0.2) is 0 Å². The van der Waals surface area contributed by atoms with Gasteiger partial charge in [-0.25, -0.2) is 9.82 Å². The van der Waals surface area contributed by atoms with Crippen molar-refractivity contribution in [3.63, 3.8) is 0 Å². The average molecular weight is 307 g/mol. The molecule has 0 saturated carbocycles. The van der Waals surface area contributed by atoms with Gasteiger partial charge in [0.25, 0.3) is 5.91 Å². The number of carbonyl (C=O) groups excluding carboxylic acids is 1. The SMILES string of the molecule is O=C(N/N=C/c1cccc(F)c1)c1ccncc1.[Cu+2]. The van der Waals surface area contributed by atoms with E-state index in [9.17, 15) is 9.18 Å². The van der Waals surface area contributed by atoms with Crippen LogP contribution in [0.2, 0.25) is 0 Å². The first kappa shape index (κ1) is 15.0. The maximum atomic E-state index is 12.9. The van der Waals surface area contributed by atoms with Crippen LogP contribution in [0.4, 0.5) is 4.39 Å². The smallest absolute Gasteiger partial charge is 0.267 e. The van der Waals surface area contributed by atoms with Crippen molar-refractivity contribution < 1.29 is 26.3 Å². The Morgan fingerprint density at radius 3 is 2.68 bits per heavy atom. The van der Waals surface area contributed by atoms with Crippen LogP contribution in [0.5, 0.6) is 0 Å². The van der Waals surface area contributed by atoms with E-state index in [0.717, 1.165) is 0 Å². The number of hydrazone groups is 1. The van der Waals surface area contributed by atoms with Crippen molar-refractivity contribution in [2.75, 3.05) is 0 Å². The van der Waals surface area contributed by atoms with Gasteiger partial charge in [-0.15, -0.1) is 0 Å². The van der Waals surface area contributed by atoms with E-state index in [0.29, 0.717) is 11.1 Å². The van der Waals surface area contributed by atoms with Crippen LogP contribution in [0.25, 0.3) is 0 Å². The van der Waals surface area contributed by atoms with Crippen LogP contribution >= 0.6 is 0 Å². The minimum absolute atomic E-state index is 0. The molecule has 0 spiro atoms. The molecule has 0 bridgehead atoms. The molecule has 0 atom stereocenters. The Bertz CT molecular complexity index is 575. The number of carbonyl (C=O) groups is 1. The van der Waals surface area contributed by atoms with Crippen LogP contribution in [0.3, 0.4) is 0 Å². The Labute approximate surface area is 120 Å². The molecular weight excluding hydrogens is 297 g/mol. The summed E-state index contributed by atoms with van der Waals surface area (Å²) in [5.74, 6) is -0.690. The Morgan fingerprint density at radius 2 is 2.00 bits per heavy atom. The van der Waals surface area contributed by atoms with Crippen molar-refractivity contribution in [1.82, 2.24) is 10.4 Å². The van der Waals surface area contributed by atoms with E-state index >= 15 is 0 Å². The summed E-state index contributed by atoms with van der Waals surface area (Å²) < 4.78 is 12.9. The van der Waals surface area contributed by atoms with E-state index in [1.54, 1.807) is 24.3 Å². The Morgan fingerprint density at radius 1 is 1.26 bits per heavy atom. The monoisotopic (exact) mass is 306 g/mol. The molecule has 1 radical (unpaired) electrons. The van der Waals surface area contributed by atoms with Gasteiger partial charge in [-0.1, -0.05) is 12.1 Å². The van der Waals surface area contributed by atoms with Gasteiger partial charge in [0.1, 0.15) is 5.82 Å². The number of benzene rings is 1. The fourth-order valence-electron chi connectivity index (χ4n) is 1.32. The van der Waals surface area contributed by atoms with E-state index in [1.807, 2.05) is 0 Å². The Balaban J connectivity index is 0.00000180. The van der Waals surface area contributed by atoms with E-state index in [-0.39, 0.29) is 28.8 Å². The number of amides is 1. The first-order valence-electron chi connectivity index (χ1n) is 5.25. The van der Waals surface area contributed by atoms with Gasteiger partial charge in [0, 0.05) is 18.0 Å². The van der Waals surface area contributed by atoms with Gasteiger partial charge < -0.3 is 0 Å². The molecule has 4 nitrogen and oxygen atoms in total. The van der Waals surface area contributed by atoms with Crippen LogP contribution in [-0.4, -0.2) is 17.1 Å². The molecule has 0 saturated heterocycles. The normalized spacial score (nSPS) is 9.95. The van der Waals surface area contributed by atoms with E-state index in [2.05, 4.69) is 15.5 Å². The van der Waals surface area contributed by atoms with Crippen molar-refractivity contribution in [1.29, 1.82) is 0 Å². The standard InChI is InChI=1S/C13H10FN3O.Cu/c14-12-3-1-2-10(8-12)9-16-17-13(18)11-4-6-15-7-5-11;/h1-9H,(H,17,18);/q;+2/b16-9+;. The molecule has 0 aliphatic heterocycles. The number of nitrogens with one attached hydrogen (secondary N) is 1. The molecule has 1 heterocycles. The van der Waals surface area contributed by atoms with Crippen LogP contribution in [0.1, 0.15) is 15.9 Å². The van der Waals surface area contributed by atoms with Crippen LogP contribution < -0.4 is 5.43 Å². The predicted octanol–water partition coefficient (Wildman–Crippen LogP) is 1.98. The zero-order chi connectivity index (χ0) is 12.8. The second-order valence-electron chi connectivity index (χ2n) is 3.49. The third-order valence-electron chi connectivity index (χ3n) is 2.17. The first-order chi connectivity index (χ1) is 8.75. The molecule has 19 heavy (non-hydrogen) atoms. The second-order valence-corrected chi connectivity index (χ2v) is 3.49. The fourth-order valence-corrected chi connectivity index (χ4v) is 1.32. The van der Waals surface area contributed by atoms with Gasteiger partial charge in [-0.2, -0.15) is 5.10 Å². The fraction of sp³-hybridized carbons (Fsp3) is 0. The summed E-state index contributed by atoms with van der Waals surface area (Å²) >= 11 is 0. The number of hydrogen-bond donors (Lipinski definition) is 1. The second kappa shape index (κ2) is 7.41. The predicted molar refractivity (Wildman–Crippen MR) is 65.7 cm³/mol. The molecule has 0 fully saturated rings. The zero-order valence-corrected chi connectivity index (χ0v) is 10.6. The molecule has 2 aromatic rings. The molecular formula is C13H10CuFN3O+2. The minimum atomic E-state index is -0.348. The van der Waals surface area contributed by atoms with Gasteiger partial charge in [-0.3, -0.25) is 9.78 Å². The zero-order valence-electron chi connectivity index (χ0n) is 9.68. The third-order valence-corrected chi connectivity index (χ3v) is 2.17. The van der Waals surface area contributed by atoms with Crippen molar-refractivity contribution in [3.8, 4) is 0 Å². The minimum Gasteiger partial charge on any atom is -0.267 e. The Hall–Kier alpha value is -2.04. The van der Waals surface area contributed by atoms with Gasteiger partial charge >= 0.3 is 17.1 Å². The molecule has 1 amide bonds. The summed E-state index contributed by atoms with van der Waals surface area (Å²) in [6, 6.07) is 9.07. The van der Waals surface area contributed by atoms with Crippen LogP contribution in [0.15, 0.2) is 53.9 Å². The summed E-state index contributed by atoms with van der Waals surface area (Å²) in [6.07, 6.45) is 4.42. The Kier molecular flexibility index (Phi) is 5.85. The molecule has 1 N–H and O–H groups in total.